The molecule has 59 heavy (non-hydrogen) atoms. The Balaban J connectivity index is 1.06. The van der Waals surface area contributed by atoms with Gasteiger partial charge in [-0.15, -0.1) is 0 Å². The molecule has 0 aliphatic rings. The average molecular weight is 756 g/mol. The van der Waals surface area contributed by atoms with Gasteiger partial charge in [-0.2, -0.15) is 0 Å². The zero-order valence-electron chi connectivity index (χ0n) is 32.1. The number of ketones is 2. The second-order valence-corrected chi connectivity index (χ2v) is 14.8. The average Bonchev–Trinajstić information content (AvgIpc) is 3.65. The van der Waals surface area contributed by atoms with Gasteiger partial charge in [-0.1, -0.05) is 176 Å². The number of para-hydroxylation sites is 1. The van der Waals surface area contributed by atoms with Crippen LogP contribution in [0.15, 0.2) is 224 Å². The van der Waals surface area contributed by atoms with E-state index in [0.717, 1.165) is 72.0 Å². The number of hydrogen-bond donors (Lipinski definition) is 0. The molecular weight excluding hydrogens is 719 g/mol. The molecule has 0 bridgehead atoms. The number of aromatic nitrogens is 1. The largest absolute Gasteiger partial charge is 0.309 e. The first-order valence-electron chi connectivity index (χ1n) is 19.8. The lowest BCUT2D eigenvalue weighted by molar-refractivity contribution is 0.103. The van der Waals surface area contributed by atoms with Crippen LogP contribution < -0.4 is 0 Å². The van der Waals surface area contributed by atoms with Gasteiger partial charge in [0.1, 0.15) is 0 Å². The van der Waals surface area contributed by atoms with E-state index in [1.807, 2.05) is 152 Å². The fraction of sp³-hybridized carbons (Fsp3) is 0. The minimum atomic E-state index is -0.0121. The SMILES string of the molecule is O=C(c1cccc(-c2ccc3c(c2)c2cc(-c4cccc(C(=O)c5ccccc5-c5ccccc5)c4)ccc2n3-c2ccccc2)c1)c1ccccc1-c1ccccc1. The highest BCUT2D eigenvalue weighted by molar-refractivity contribution is 6.15. The number of hydrogen-bond acceptors (Lipinski definition) is 2. The van der Waals surface area contributed by atoms with Crippen molar-refractivity contribution in [1.29, 1.82) is 0 Å². The molecular formula is C56H37NO2. The van der Waals surface area contributed by atoms with Gasteiger partial charge >= 0.3 is 0 Å². The maximum absolute atomic E-state index is 14.1. The van der Waals surface area contributed by atoms with Gasteiger partial charge in [0.2, 0.25) is 0 Å². The Hall–Kier alpha value is -7.88. The van der Waals surface area contributed by atoms with E-state index in [-0.39, 0.29) is 11.6 Å². The van der Waals surface area contributed by atoms with Crippen molar-refractivity contribution >= 4 is 33.4 Å². The van der Waals surface area contributed by atoms with Gasteiger partial charge in [-0.05, 0) is 93.0 Å². The highest BCUT2D eigenvalue weighted by atomic mass is 16.1. The number of carbonyl (C=O) groups is 2. The normalized spacial score (nSPS) is 11.2. The van der Waals surface area contributed by atoms with E-state index < -0.39 is 0 Å². The Bertz CT molecular complexity index is 2980. The highest BCUT2D eigenvalue weighted by Gasteiger charge is 2.19. The number of rotatable bonds is 9. The van der Waals surface area contributed by atoms with Crippen LogP contribution in [0.4, 0.5) is 0 Å². The Labute approximate surface area is 343 Å². The molecule has 0 atom stereocenters. The number of benzene rings is 9. The summed E-state index contributed by atoms with van der Waals surface area (Å²) < 4.78 is 2.30. The molecule has 0 spiro atoms. The van der Waals surface area contributed by atoms with Crippen LogP contribution in [0.2, 0.25) is 0 Å². The zero-order chi connectivity index (χ0) is 39.7. The monoisotopic (exact) mass is 755 g/mol. The molecule has 0 fully saturated rings. The molecule has 0 N–H and O–H groups in total. The van der Waals surface area contributed by atoms with E-state index in [0.29, 0.717) is 22.3 Å². The third kappa shape index (κ3) is 6.65. The van der Waals surface area contributed by atoms with E-state index in [4.69, 9.17) is 0 Å². The lowest BCUT2D eigenvalue weighted by Crippen LogP contribution is -2.03. The summed E-state index contributed by atoms with van der Waals surface area (Å²) in [5, 5.41) is 2.19. The first-order chi connectivity index (χ1) is 29.1. The molecule has 0 amide bonds. The van der Waals surface area contributed by atoms with Gasteiger partial charge < -0.3 is 4.57 Å². The predicted octanol–water partition coefficient (Wildman–Crippen LogP) is 13.9. The van der Waals surface area contributed by atoms with Crippen LogP contribution in [-0.2, 0) is 0 Å². The molecule has 0 radical (unpaired) electrons. The van der Waals surface area contributed by atoms with Crippen molar-refractivity contribution in [2.75, 3.05) is 0 Å². The van der Waals surface area contributed by atoms with Crippen molar-refractivity contribution in [2.45, 2.75) is 0 Å². The summed E-state index contributed by atoms with van der Waals surface area (Å²) >= 11 is 0. The molecule has 0 aliphatic heterocycles. The summed E-state index contributed by atoms with van der Waals surface area (Å²) in [5.41, 5.74) is 13.7. The Kier molecular flexibility index (Phi) is 9.17. The van der Waals surface area contributed by atoms with Gasteiger partial charge in [0.25, 0.3) is 0 Å². The standard InChI is InChI=1S/C56H37NO2/c58-55(49-28-12-10-26-47(49)38-16-4-1-5-17-38)44-22-14-20-40(34-44)42-30-32-53-51(36-42)52-37-43(31-33-54(52)57(53)46-24-8-3-9-25-46)41-21-15-23-45(35-41)56(59)50-29-13-11-27-48(50)39-18-6-2-7-19-39/h1-37H. The molecule has 10 rings (SSSR count). The van der Waals surface area contributed by atoms with Gasteiger partial charge in [0, 0.05) is 38.7 Å². The molecule has 9 aromatic carbocycles. The lowest BCUT2D eigenvalue weighted by atomic mass is 9.92. The number of nitrogens with zero attached hydrogens (tertiary/aromatic N) is 1. The number of carbonyl (C=O) groups excluding carboxylic acids is 2. The van der Waals surface area contributed by atoms with Gasteiger partial charge in [-0.25, -0.2) is 0 Å². The second-order valence-electron chi connectivity index (χ2n) is 14.8. The zero-order valence-corrected chi connectivity index (χ0v) is 32.1. The van der Waals surface area contributed by atoms with Crippen LogP contribution in [0.1, 0.15) is 31.8 Å². The molecule has 3 heteroatoms. The van der Waals surface area contributed by atoms with E-state index in [2.05, 4.69) is 77.4 Å². The summed E-state index contributed by atoms with van der Waals surface area (Å²) in [7, 11) is 0. The smallest absolute Gasteiger partial charge is 0.193 e. The fourth-order valence-corrected chi connectivity index (χ4v) is 8.33. The van der Waals surface area contributed by atoms with Crippen LogP contribution in [0, 0.1) is 0 Å². The lowest BCUT2D eigenvalue weighted by Gasteiger charge is -2.11. The van der Waals surface area contributed by atoms with Crippen molar-refractivity contribution in [3.05, 3.63) is 247 Å². The second kappa shape index (κ2) is 15.2. The Morgan fingerprint density at radius 2 is 0.678 bits per heavy atom. The highest BCUT2D eigenvalue weighted by Crippen LogP contribution is 2.38. The minimum absolute atomic E-state index is 0.0121. The predicted molar refractivity (Wildman–Crippen MR) is 242 cm³/mol. The number of fused-ring (bicyclic) bond motifs is 3. The van der Waals surface area contributed by atoms with Crippen molar-refractivity contribution in [1.82, 2.24) is 4.57 Å². The van der Waals surface area contributed by atoms with Gasteiger partial charge in [-0.3, -0.25) is 9.59 Å². The van der Waals surface area contributed by atoms with Crippen LogP contribution in [-0.4, -0.2) is 16.1 Å². The van der Waals surface area contributed by atoms with E-state index in [9.17, 15) is 9.59 Å². The van der Waals surface area contributed by atoms with Crippen LogP contribution in [0.3, 0.4) is 0 Å². The molecule has 0 aliphatic carbocycles. The van der Waals surface area contributed by atoms with Gasteiger partial charge in [0.15, 0.2) is 11.6 Å². The molecule has 278 valence electrons. The summed E-state index contributed by atoms with van der Waals surface area (Å²) in [5.74, 6) is -0.0241. The Morgan fingerprint density at radius 1 is 0.305 bits per heavy atom. The van der Waals surface area contributed by atoms with Crippen molar-refractivity contribution in [3.63, 3.8) is 0 Å². The topological polar surface area (TPSA) is 39.1 Å². The summed E-state index contributed by atoms with van der Waals surface area (Å²) in [6, 6.07) is 75.2. The maximum Gasteiger partial charge on any atom is 0.193 e. The van der Waals surface area contributed by atoms with Crippen molar-refractivity contribution in [3.8, 4) is 50.2 Å². The quantitative estimate of drug-likeness (QED) is 0.138. The molecule has 0 saturated heterocycles. The summed E-state index contributed by atoms with van der Waals surface area (Å²) in [6.07, 6.45) is 0. The Morgan fingerprint density at radius 3 is 1.14 bits per heavy atom. The van der Waals surface area contributed by atoms with E-state index >= 15 is 0 Å². The molecule has 10 aromatic rings. The molecule has 1 heterocycles. The van der Waals surface area contributed by atoms with Crippen molar-refractivity contribution in [2.24, 2.45) is 0 Å². The molecule has 0 saturated carbocycles. The van der Waals surface area contributed by atoms with E-state index in [1.165, 1.54) is 0 Å². The van der Waals surface area contributed by atoms with Gasteiger partial charge in [0.05, 0.1) is 11.0 Å². The van der Waals surface area contributed by atoms with Crippen molar-refractivity contribution < 1.29 is 9.59 Å². The summed E-state index contributed by atoms with van der Waals surface area (Å²) in [4.78, 5) is 28.3. The molecule has 1 aromatic heterocycles. The van der Waals surface area contributed by atoms with E-state index in [1.54, 1.807) is 0 Å². The van der Waals surface area contributed by atoms with Crippen LogP contribution in [0.25, 0.3) is 72.0 Å². The van der Waals surface area contributed by atoms with Crippen LogP contribution >= 0.6 is 0 Å². The van der Waals surface area contributed by atoms with Crippen LogP contribution in [0.5, 0.6) is 0 Å². The fourth-order valence-electron chi connectivity index (χ4n) is 8.33. The maximum atomic E-state index is 14.1. The molecule has 3 nitrogen and oxygen atoms in total. The first-order valence-corrected chi connectivity index (χ1v) is 19.8. The first kappa shape index (κ1) is 35.5. The third-order valence-electron chi connectivity index (χ3n) is 11.2. The third-order valence-corrected chi connectivity index (χ3v) is 11.2. The minimum Gasteiger partial charge on any atom is -0.309 e. The summed E-state index contributed by atoms with van der Waals surface area (Å²) in [6.45, 7) is 0. The molecule has 0 unspecified atom stereocenters.